The predicted molar refractivity (Wildman–Crippen MR) is 201 cm³/mol. The van der Waals surface area contributed by atoms with E-state index in [1.807, 2.05) is 67.6 Å². The molecule has 5 aromatic carbocycles. The second-order valence-corrected chi connectivity index (χ2v) is 13.1. The molecule has 0 spiro atoms. The van der Waals surface area contributed by atoms with E-state index in [-0.39, 0.29) is 38.5 Å². The predicted octanol–water partition coefficient (Wildman–Crippen LogP) is 6.32. The smallest absolute Gasteiger partial charge is 0.407 e. The van der Waals surface area contributed by atoms with Crippen LogP contribution in [-0.2, 0) is 40.3 Å². The number of carbonyl (C=O) groups excluding carboxylic acids is 3. The van der Waals surface area contributed by atoms with Gasteiger partial charge in [0.2, 0.25) is 11.8 Å². The number of ether oxygens (including phenoxy) is 2. The molecule has 9 nitrogen and oxygen atoms in total. The minimum absolute atomic E-state index is 0.0386. The lowest BCUT2D eigenvalue weighted by Crippen LogP contribution is -2.53. The van der Waals surface area contributed by atoms with Crippen molar-refractivity contribution in [2.75, 3.05) is 13.2 Å². The average Bonchev–Trinajstić information content (AvgIpc) is 3.51. The first kappa shape index (κ1) is 37.7. The lowest BCUT2D eigenvalue weighted by Gasteiger charge is -2.21. The molecule has 0 heterocycles. The third-order valence-electron chi connectivity index (χ3n) is 9.35. The normalized spacial score (nSPS) is 12.9. The van der Waals surface area contributed by atoms with Crippen LogP contribution in [0.1, 0.15) is 46.2 Å². The summed E-state index contributed by atoms with van der Waals surface area (Å²) in [5.74, 6) is -2.51. The maximum absolute atomic E-state index is 14.0. The van der Waals surface area contributed by atoms with Gasteiger partial charge in [0.15, 0.2) is 11.6 Å². The van der Waals surface area contributed by atoms with Gasteiger partial charge in [-0.3, -0.25) is 9.59 Å². The van der Waals surface area contributed by atoms with E-state index >= 15 is 0 Å². The van der Waals surface area contributed by atoms with Crippen LogP contribution in [0.4, 0.5) is 13.6 Å². The highest BCUT2D eigenvalue weighted by Gasteiger charge is 2.29. The van der Waals surface area contributed by atoms with Crippen molar-refractivity contribution in [1.29, 1.82) is 0 Å². The summed E-state index contributed by atoms with van der Waals surface area (Å²) in [6.07, 6.45) is -0.410. The van der Waals surface area contributed by atoms with E-state index < -0.39 is 41.6 Å². The highest BCUT2D eigenvalue weighted by atomic mass is 19.2. The van der Waals surface area contributed by atoms with Gasteiger partial charge in [-0.1, -0.05) is 91.0 Å². The lowest BCUT2D eigenvalue weighted by molar-refractivity contribution is -0.129. The molecule has 5 aromatic rings. The fraction of sp³-hybridized carbons (Fsp3) is 0.233. The molecule has 2 atom stereocenters. The molecule has 0 bridgehead atoms. The minimum Gasteiger partial charge on any atom is -0.494 e. The zero-order chi connectivity index (χ0) is 38.0. The molecule has 0 aromatic heterocycles. The Labute approximate surface area is 312 Å². The van der Waals surface area contributed by atoms with Gasteiger partial charge in [-0.25, -0.2) is 13.6 Å². The van der Waals surface area contributed by atoms with Crippen molar-refractivity contribution in [3.05, 3.63) is 160 Å². The van der Waals surface area contributed by atoms with Gasteiger partial charge in [-0.15, -0.1) is 0 Å². The van der Waals surface area contributed by atoms with E-state index in [4.69, 9.17) is 15.2 Å². The molecule has 0 fully saturated rings. The van der Waals surface area contributed by atoms with Crippen LogP contribution >= 0.6 is 0 Å². The Morgan fingerprint density at radius 3 is 1.87 bits per heavy atom. The number of hydrogen-bond acceptors (Lipinski definition) is 6. The molecule has 1 aliphatic carbocycles. The number of halogens is 2. The number of alkyl carbamates (subject to hydrolysis) is 1. The summed E-state index contributed by atoms with van der Waals surface area (Å²) in [7, 11) is 0. The maximum Gasteiger partial charge on any atom is 0.407 e. The molecule has 278 valence electrons. The zero-order valence-electron chi connectivity index (χ0n) is 29.8. The number of fused-ring (bicyclic) bond motifs is 3. The van der Waals surface area contributed by atoms with E-state index in [9.17, 15) is 23.2 Å². The largest absolute Gasteiger partial charge is 0.494 e. The molecule has 0 saturated carbocycles. The number of hydrogen-bond donors (Lipinski definition) is 4. The Balaban J connectivity index is 1.01. The van der Waals surface area contributed by atoms with E-state index in [0.717, 1.165) is 51.1 Å². The number of carbonyl (C=O) groups is 3. The van der Waals surface area contributed by atoms with Crippen LogP contribution in [-0.4, -0.2) is 43.2 Å². The van der Waals surface area contributed by atoms with Crippen LogP contribution in [0.2, 0.25) is 0 Å². The number of rotatable bonds is 15. The average molecular weight is 733 g/mol. The minimum atomic E-state index is -1.12. The quantitative estimate of drug-likeness (QED) is 0.0998. The maximum atomic E-state index is 14.0. The Morgan fingerprint density at radius 1 is 0.685 bits per heavy atom. The Bertz CT molecular complexity index is 2050. The van der Waals surface area contributed by atoms with Crippen molar-refractivity contribution in [1.82, 2.24) is 16.0 Å². The van der Waals surface area contributed by atoms with Crippen molar-refractivity contribution in [2.24, 2.45) is 5.73 Å². The highest BCUT2D eigenvalue weighted by Crippen LogP contribution is 2.44. The molecule has 11 heteroatoms. The molecular weight excluding hydrogens is 690 g/mol. The number of benzene rings is 5. The Kier molecular flexibility index (Phi) is 12.3. The van der Waals surface area contributed by atoms with Crippen molar-refractivity contribution in [2.45, 2.75) is 50.9 Å². The lowest BCUT2D eigenvalue weighted by atomic mass is 9.98. The van der Waals surface area contributed by atoms with E-state index in [1.165, 1.54) is 6.07 Å². The fourth-order valence-corrected chi connectivity index (χ4v) is 6.54. The summed E-state index contributed by atoms with van der Waals surface area (Å²) in [5.41, 5.74) is 13.5. The summed E-state index contributed by atoms with van der Waals surface area (Å²) < 4.78 is 38.7. The third kappa shape index (κ3) is 9.47. The Hall–Kier alpha value is -6.07. The molecule has 3 amide bonds. The van der Waals surface area contributed by atoms with Gasteiger partial charge in [0.1, 0.15) is 18.4 Å². The Morgan fingerprint density at radius 2 is 1.26 bits per heavy atom. The van der Waals surface area contributed by atoms with Gasteiger partial charge in [0.25, 0.3) is 0 Å². The molecule has 5 N–H and O–H groups in total. The first-order valence-electron chi connectivity index (χ1n) is 17.8. The summed E-state index contributed by atoms with van der Waals surface area (Å²) in [4.78, 5) is 39.2. The fourth-order valence-electron chi connectivity index (χ4n) is 6.54. The van der Waals surface area contributed by atoms with Gasteiger partial charge in [0.05, 0.1) is 12.6 Å². The molecule has 0 aliphatic heterocycles. The topological polar surface area (TPSA) is 132 Å². The molecule has 0 radical (unpaired) electrons. The van der Waals surface area contributed by atoms with Crippen LogP contribution in [0.5, 0.6) is 5.75 Å². The summed E-state index contributed by atoms with van der Waals surface area (Å²) in [5, 5.41) is 8.31. The van der Waals surface area contributed by atoms with E-state index in [0.29, 0.717) is 17.9 Å². The van der Waals surface area contributed by atoms with Crippen LogP contribution in [0.3, 0.4) is 0 Å². The van der Waals surface area contributed by atoms with Crippen molar-refractivity contribution in [3.8, 4) is 16.9 Å². The zero-order valence-corrected chi connectivity index (χ0v) is 29.8. The first-order chi connectivity index (χ1) is 26.2. The van der Waals surface area contributed by atoms with Crippen LogP contribution < -0.4 is 26.4 Å². The summed E-state index contributed by atoms with van der Waals surface area (Å²) in [6, 6.07) is 32.0. The number of nitrogens with two attached hydrogens (primary N) is 1. The highest BCUT2D eigenvalue weighted by molar-refractivity contribution is 5.90. The summed E-state index contributed by atoms with van der Waals surface area (Å²) in [6.45, 7) is 2.99. The van der Waals surface area contributed by atoms with Gasteiger partial charge in [-0.05, 0) is 82.1 Å². The second-order valence-electron chi connectivity index (χ2n) is 13.1. The molecule has 0 saturated heterocycles. The van der Waals surface area contributed by atoms with Crippen molar-refractivity contribution < 1.29 is 32.6 Å². The van der Waals surface area contributed by atoms with Crippen LogP contribution in [0, 0.1) is 11.6 Å². The van der Waals surface area contributed by atoms with E-state index in [2.05, 4.69) is 40.2 Å². The standard InChI is InChI=1S/C43H42F2N4O5/c1-2-53-31-18-15-27(16-19-31)22-39(46)41(50)49-40(23-30-17-20-37(44)38(45)21-30)42(51)47-24-28-11-13-29(14-12-28)25-48-43(52)54-26-36-34-9-5-3-7-32(34)33-8-4-6-10-35(33)36/h3-21,36,39-40H,2,22-26,46H2,1H3,(H,47,51)(H,48,52)(H,49,50)/t39-,40+/m1/s1. The molecule has 6 rings (SSSR count). The van der Waals surface area contributed by atoms with Crippen molar-refractivity contribution in [3.63, 3.8) is 0 Å². The number of amides is 3. The van der Waals surface area contributed by atoms with Gasteiger partial charge in [-0.2, -0.15) is 0 Å². The van der Waals surface area contributed by atoms with Crippen LogP contribution in [0.25, 0.3) is 11.1 Å². The molecule has 1 aliphatic rings. The summed E-state index contributed by atoms with van der Waals surface area (Å²) >= 11 is 0. The van der Waals surface area contributed by atoms with Gasteiger partial charge < -0.3 is 31.2 Å². The van der Waals surface area contributed by atoms with E-state index in [1.54, 1.807) is 12.1 Å². The number of nitrogens with one attached hydrogen (secondary N) is 3. The second kappa shape index (κ2) is 17.6. The SMILES string of the molecule is CCOc1ccc(C[C@@H](N)C(=O)N[C@@H](Cc2ccc(F)c(F)c2)C(=O)NCc2ccc(CNC(=O)OCC3c4ccccc4-c4ccccc43)cc2)cc1. The third-order valence-corrected chi connectivity index (χ3v) is 9.35. The van der Waals surface area contributed by atoms with Gasteiger partial charge >= 0.3 is 6.09 Å². The molecule has 0 unspecified atom stereocenters. The monoisotopic (exact) mass is 732 g/mol. The molecular formula is C43H42F2N4O5. The first-order valence-corrected chi connectivity index (χ1v) is 17.8. The van der Waals surface area contributed by atoms with Gasteiger partial charge in [0, 0.05) is 25.4 Å². The van der Waals surface area contributed by atoms with Crippen LogP contribution in [0.15, 0.2) is 115 Å². The molecule has 54 heavy (non-hydrogen) atoms. The van der Waals surface area contributed by atoms with Crippen molar-refractivity contribution >= 4 is 17.9 Å².